The van der Waals surface area contributed by atoms with E-state index in [1.54, 1.807) is 12.1 Å². The molecule has 2 aliphatic carbocycles. The van der Waals surface area contributed by atoms with Gasteiger partial charge < -0.3 is 10.1 Å². The van der Waals surface area contributed by atoms with Crippen molar-refractivity contribution in [2.45, 2.75) is 19.3 Å². The molecule has 0 saturated heterocycles. The highest BCUT2D eigenvalue weighted by atomic mass is 19.1. The summed E-state index contributed by atoms with van der Waals surface area (Å²) in [6.45, 7) is 2.37. The SMILES string of the molecule is Fc1ccc(-c2nc3c(c(OCC4=CC=CC5CC45)n2)CCNCC3)cc1. The fraction of sp³-hybridized carbons (Fsp3) is 0.364. The molecular formula is C22H22FN3O. The highest BCUT2D eigenvalue weighted by Gasteiger charge is 2.39. The van der Waals surface area contributed by atoms with Crippen molar-refractivity contribution in [3.63, 3.8) is 0 Å². The minimum absolute atomic E-state index is 0.259. The molecule has 1 aliphatic heterocycles. The van der Waals surface area contributed by atoms with E-state index in [1.165, 1.54) is 24.1 Å². The number of nitrogens with zero attached hydrogens (tertiary/aromatic N) is 2. The molecule has 0 radical (unpaired) electrons. The summed E-state index contributed by atoms with van der Waals surface area (Å²) in [6.07, 6.45) is 9.54. The van der Waals surface area contributed by atoms with E-state index in [-0.39, 0.29) is 5.82 Å². The Labute approximate surface area is 158 Å². The number of aromatic nitrogens is 2. The van der Waals surface area contributed by atoms with Crippen LogP contribution in [0.15, 0.2) is 48.1 Å². The molecule has 2 heterocycles. The smallest absolute Gasteiger partial charge is 0.220 e. The molecule has 2 aromatic rings. The van der Waals surface area contributed by atoms with Crippen molar-refractivity contribution in [2.75, 3.05) is 19.7 Å². The lowest BCUT2D eigenvalue weighted by Gasteiger charge is -2.16. The van der Waals surface area contributed by atoms with Crippen molar-refractivity contribution >= 4 is 0 Å². The maximum Gasteiger partial charge on any atom is 0.220 e. The fourth-order valence-corrected chi connectivity index (χ4v) is 3.96. The highest BCUT2D eigenvalue weighted by molar-refractivity contribution is 5.56. The van der Waals surface area contributed by atoms with Crippen LogP contribution >= 0.6 is 0 Å². The Bertz CT molecular complexity index is 920. The third-order valence-electron chi connectivity index (χ3n) is 5.61. The van der Waals surface area contributed by atoms with Crippen molar-refractivity contribution in [1.29, 1.82) is 0 Å². The van der Waals surface area contributed by atoms with Crippen LogP contribution in [-0.4, -0.2) is 29.7 Å². The summed E-state index contributed by atoms with van der Waals surface area (Å²) in [6, 6.07) is 6.33. The molecule has 5 heteroatoms. The molecule has 1 aromatic carbocycles. The van der Waals surface area contributed by atoms with Gasteiger partial charge in [0.25, 0.3) is 0 Å². The number of halogens is 1. The first kappa shape index (κ1) is 16.6. The van der Waals surface area contributed by atoms with Gasteiger partial charge >= 0.3 is 0 Å². The third-order valence-corrected chi connectivity index (χ3v) is 5.61. The van der Waals surface area contributed by atoms with Crippen LogP contribution in [0.3, 0.4) is 0 Å². The summed E-state index contributed by atoms with van der Waals surface area (Å²) < 4.78 is 19.5. The van der Waals surface area contributed by atoms with Gasteiger partial charge in [0.2, 0.25) is 5.88 Å². The Morgan fingerprint density at radius 2 is 1.96 bits per heavy atom. The number of benzene rings is 1. The van der Waals surface area contributed by atoms with Gasteiger partial charge in [-0.25, -0.2) is 9.37 Å². The predicted octanol–water partition coefficient (Wildman–Crippen LogP) is 3.48. The van der Waals surface area contributed by atoms with Crippen LogP contribution in [0.2, 0.25) is 0 Å². The van der Waals surface area contributed by atoms with Crippen LogP contribution < -0.4 is 10.1 Å². The van der Waals surface area contributed by atoms with Gasteiger partial charge in [-0.15, -0.1) is 0 Å². The Morgan fingerprint density at radius 3 is 2.85 bits per heavy atom. The lowest BCUT2D eigenvalue weighted by Crippen LogP contribution is -2.16. The summed E-state index contributed by atoms with van der Waals surface area (Å²) in [4.78, 5) is 9.49. The number of fused-ring (bicyclic) bond motifs is 2. The zero-order chi connectivity index (χ0) is 18.2. The predicted molar refractivity (Wildman–Crippen MR) is 102 cm³/mol. The standard InChI is InChI=1S/C22H22FN3O/c23-17-6-4-14(5-7-17)21-25-20-9-11-24-10-8-18(20)22(26-21)27-13-16-3-1-2-15-12-19(15)16/h1-7,15,19,24H,8-13H2. The van der Waals surface area contributed by atoms with E-state index in [0.29, 0.717) is 30.1 Å². The molecule has 1 fully saturated rings. The number of ether oxygens (including phenoxy) is 1. The van der Waals surface area contributed by atoms with E-state index >= 15 is 0 Å². The van der Waals surface area contributed by atoms with Crippen molar-refractivity contribution in [1.82, 2.24) is 15.3 Å². The quantitative estimate of drug-likeness (QED) is 0.903. The van der Waals surface area contributed by atoms with E-state index in [0.717, 1.165) is 42.8 Å². The van der Waals surface area contributed by atoms with Crippen LogP contribution in [0.1, 0.15) is 17.7 Å². The number of nitrogens with one attached hydrogen (secondary N) is 1. The minimum Gasteiger partial charge on any atom is -0.473 e. The van der Waals surface area contributed by atoms with Crippen LogP contribution in [0, 0.1) is 17.7 Å². The second-order valence-corrected chi connectivity index (χ2v) is 7.46. The number of hydrogen-bond donors (Lipinski definition) is 1. The Hall–Kier alpha value is -2.53. The van der Waals surface area contributed by atoms with Crippen LogP contribution in [0.4, 0.5) is 4.39 Å². The number of hydrogen-bond acceptors (Lipinski definition) is 4. The lowest BCUT2D eigenvalue weighted by atomic mass is 10.1. The second kappa shape index (κ2) is 6.89. The topological polar surface area (TPSA) is 47.0 Å². The van der Waals surface area contributed by atoms with E-state index < -0.39 is 0 Å². The molecule has 1 saturated carbocycles. The van der Waals surface area contributed by atoms with Crippen molar-refractivity contribution < 1.29 is 9.13 Å². The van der Waals surface area contributed by atoms with Gasteiger partial charge in [0.1, 0.15) is 12.4 Å². The molecule has 4 nitrogen and oxygen atoms in total. The van der Waals surface area contributed by atoms with Crippen LogP contribution in [-0.2, 0) is 12.8 Å². The molecule has 2 unspecified atom stereocenters. The molecule has 2 atom stereocenters. The summed E-state index contributed by atoms with van der Waals surface area (Å²) in [7, 11) is 0. The third kappa shape index (κ3) is 3.39. The first-order valence-corrected chi connectivity index (χ1v) is 9.64. The molecule has 3 aliphatic rings. The van der Waals surface area contributed by atoms with Crippen molar-refractivity contribution in [3.8, 4) is 17.3 Å². The molecule has 1 aromatic heterocycles. The van der Waals surface area contributed by atoms with E-state index in [1.807, 2.05) is 0 Å². The van der Waals surface area contributed by atoms with E-state index in [9.17, 15) is 4.39 Å². The van der Waals surface area contributed by atoms with Crippen LogP contribution in [0.5, 0.6) is 5.88 Å². The highest BCUT2D eigenvalue weighted by Crippen LogP contribution is 2.47. The summed E-state index contributed by atoms with van der Waals surface area (Å²) in [5.74, 6) is 2.37. The maximum absolute atomic E-state index is 13.3. The minimum atomic E-state index is -0.259. The monoisotopic (exact) mass is 363 g/mol. The van der Waals surface area contributed by atoms with Crippen LogP contribution in [0.25, 0.3) is 11.4 Å². The van der Waals surface area contributed by atoms with Gasteiger partial charge in [0, 0.05) is 24.1 Å². The average Bonchev–Trinajstić information content (AvgIpc) is 3.50. The summed E-state index contributed by atoms with van der Waals surface area (Å²) in [5.41, 5.74) is 4.30. The number of allylic oxidation sites excluding steroid dienone is 3. The summed E-state index contributed by atoms with van der Waals surface area (Å²) >= 11 is 0. The van der Waals surface area contributed by atoms with Gasteiger partial charge in [-0.3, -0.25) is 0 Å². The van der Waals surface area contributed by atoms with E-state index in [4.69, 9.17) is 14.7 Å². The Kier molecular flexibility index (Phi) is 4.24. The molecule has 0 amide bonds. The Morgan fingerprint density at radius 1 is 1.11 bits per heavy atom. The van der Waals surface area contributed by atoms with Crippen molar-refractivity contribution in [2.24, 2.45) is 11.8 Å². The normalized spacial score (nSPS) is 23.1. The van der Waals surface area contributed by atoms with Gasteiger partial charge in [-0.05, 0) is 61.1 Å². The molecule has 1 N–H and O–H groups in total. The summed E-state index contributed by atoms with van der Waals surface area (Å²) in [5, 5.41) is 3.41. The molecule has 27 heavy (non-hydrogen) atoms. The maximum atomic E-state index is 13.3. The van der Waals surface area contributed by atoms with E-state index in [2.05, 4.69) is 23.5 Å². The first-order chi connectivity index (χ1) is 13.3. The average molecular weight is 363 g/mol. The zero-order valence-corrected chi connectivity index (χ0v) is 15.1. The molecule has 0 spiro atoms. The van der Waals surface area contributed by atoms with Gasteiger partial charge in [-0.2, -0.15) is 4.98 Å². The lowest BCUT2D eigenvalue weighted by molar-refractivity contribution is 0.326. The molecular weight excluding hydrogens is 341 g/mol. The van der Waals surface area contributed by atoms with Gasteiger partial charge in [-0.1, -0.05) is 18.2 Å². The first-order valence-electron chi connectivity index (χ1n) is 9.64. The van der Waals surface area contributed by atoms with Gasteiger partial charge in [0.15, 0.2) is 5.82 Å². The van der Waals surface area contributed by atoms with Gasteiger partial charge in [0.05, 0.1) is 5.69 Å². The largest absolute Gasteiger partial charge is 0.473 e. The molecule has 5 rings (SSSR count). The fourth-order valence-electron chi connectivity index (χ4n) is 3.96. The second-order valence-electron chi connectivity index (χ2n) is 7.46. The van der Waals surface area contributed by atoms with Crippen molar-refractivity contribution in [3.05, 3.63) is 65.1 Å². The Balaban J connectivity index is 1.48. The molecule has 0 bridgehead atoms. The zero-order valence-electron chi connectivity index (χ0n) is 15.1. The number of rotatable bonds is 4. The molecule has 138 valence electrons.